The molecule has 1 N–H and O–H groups in total. The molecule has 1 unspecified atom stereocenters. The second-order valence-electron chi connectivity index (χ2n) is 4.07. The Balaban J connectivity index is 2.04. The Bertz CT molecular complexity index is 176. The minimum atomic E-state index is -0.757. The van der Waals surface area contributed by atoms with E-state index < -0.39 is 5.97 Å². The van der Waals surface area contributed by atoms with Crippen LogP contribution >= 0.6 is 0 Å². The van der Waals surface area contributed by atoms with Crippen LogP contribution in [-0.4, -0.2) is 39.4 Å². The van der Waals surface area contributed by atoms with E-state index in [2.05, 4.69) is 12.2 Å². The molecule has 4 heteroatoms. The van der Waals surface area contributed by atoms with Gasteiger partial charge in [0, 0.05) is 12.5 Å². The summed E-state index contributed by atoms with van der Waals surface area (Å²) in [5.41, 5.74) is 0. The van der Waals surface area contributed by atoms with Crippen LogP contribution in [0.4, 0.5) is 0 Å². The summed E-state index contributed by atoms with van der Waals surface area (Å²) in [6, 6.07) is 0. The average molecular weight is 201 g/mol. The van der Waals surface area contributed by atoms with Crippen molar-refractivity contribution in [1.29, 1.82) is 0 Å². The zero-order chi connectivity index (χ0) is 10.0. The molecule has 0 amide bonds. The molecule has 82 valence electrons. The normalized spacial score (nSPS) is 38.6. The smallest absolute Gasteiger partial charge is 0.287 e. The summed E-state index contributed by atoms with van der Waals surface area (Å²) >= 11 is 0. The molecule has 3 rings (SSSR count). The monoisotopic (exact) mass is 201 g/mol. The third kappa shape index (κ3) is 1.67. The first-order chi connectivity index (χ1) is 6.80. The Morgan fingerprint density at radius 3 is 2.29 bits per heavy atom. The zero-order valence-corrected chi connectivity index (χ0v) is 8.91. The van der Waals surface area contributed by atoms with Crippen LogP contribution < -0.4 is 5.32 Å². The minimum Gasteiger partial charge on any atom is -0.327 e. The van der Waals surface area contributed by atoms with Crippen molar-refractivity contribution in [3.8, 4) is 0 Å². The molecule has 0 aromatic carbocycles. The molecule has 0 aromatic rings. The fourth-order valence-corrected chi connectivity index (χ4v) is 2.09. The second-order valence-corrected chi connectivity index (χ2v) is 4.07. The molecule has 2 bridgehead atoms. The number of hydrogen-bond acceptors (Lipinski definition) is 4. The average Bonchev–Trinajstić information content (AvgIpc) is 2.28. The van der Waals surface area contributed by atoms with Gasteiger partial charge in [-0.25, -0.2) is 0 Å². The van der Waals surface area contributed by atoms with Gasteiger partial charge in [-0.1, -0.05) is 6.92 Å². The summed E-state index contributed by atoms with van der Waals surface area (Å²) in [6.45, 7) is 5.33. The Hall–Kier alpha value is -0.160. The fraction of sp³-hybridized carbons (Fsp3) is 1.00. The van der Waals surface area contributed by atoms with E-state index in [-0.39, 0.29) is 5.92 Å². The van der Waals surface area contributed by atoms with Crippen molar-refractivity contribution in [2.24, 2.45) is 11.8 Å². The number of hydrogen-bond donors (Lipinski definition) is 1. The lowest BCUT2D eigenvalue weighted by Gasteiger charge is -2.48. The highest BCUT2D eigenvalue weighted by molar-refractivity contribution is 4.81. The van der Waals surface area contributed by atoms with E-state index in [4.69, 9.17) is 14.2 Å². The van der Waals surface area contributed by atoms with Crippen molar-refractivity contribution in [2.75, 3.05) is 33.4 Å². The summed E-state index contributed by atoms with van der Waals surface area (Å²) in [5.74, 6) is -0.0512. The maximum Gasteiger partial charge on any atom is 0.287 e. The molecule has 0 saturated carbocycles. The summed E-state index contributed by atoms with van der Waals surface area (Å²) in [5, 5.41) is 3.15. The van der Waals surface area contributed by atoms with E-state index in [1.807, 2.05) is 7.05 Å². The molecular weight excluding hydrogens is 182 g/mol. The van der Waals surface area contributed by atoms with Crippen LogP contribution in [0.1, 0.15) is 13.3 Å². The summed E-state index contributed by atoms with van der Waals surface area (Å²) < 4.78 is 17.1. The molecule has 0 aromatic heterocycles. The first-order valence-corrected chi connectivity index (χ1v) is 5.37. The fourth-order valence-electron chi connectivity index (χ4n) is 2.09. The lowest BCUT2D eigenvalue weighted by molar-refractivity contribution is -0.467. The quantitative estimate of drug-likeness (QED) is 0.722. The van der Waals surface area contributed by atoms with E-state index >= 15 is 0 Å². The maximum absolute atomic E-state index is 5.69. The minimum absolute atomic E-state index is 0.272. The Labute approximate surface area is 84.9 Å². The first kappa shape index (κ1) is 10.4. The van der Waals surface area contributed by atoms with Crippen LogP contribution in [0.2, 0.25) is 0 Å². The van der Waals surface area contributed by atoms with Gasteiger partial charge in [-0.2, -0.15) is 0 Å². The largest absolute Gasteiger partial charge is 0.327 e. The second kappa shape index (κ2) is 4.14. The number of nitrogens with one attached hydrogen (secondary N) is 1. The van der Waals surface area contributed by atoms with Crippen LogP contribution in [0.25, 0.3) is 0 Å². The van der Waals surface area contributed by atoms with E-state index in [0.29, 0.717) is 5.92 Å². The van der Waals surface area contributed by atoms with Crippen LogP contribution in [0, 0.1) is 11.8 Å². The number of ether oxygens (including phenoxy) is 3. The Morgan fingerprint density at radius 2 is 1.86 bits per heavy atom. The highest BCUT2D eigenvalue weighted by atomic mass is 16.9. The van der Waals surface area contributed by atoms with E-state index in [0.717, 1.165) is 32.8 Å². The van der Waals surface area contributed by atoms with Crippen molar-refractivity contribution in [3.05, 3.63) is 0 Å². The maximum atomic E-state index is 5.69. The Kier molecular flexibility index (Phi) is 3.07. The molecule has 0 aliphatic carbocycles. The van der Waals surface area contributed by atoms with E-state index in [1.54, 1.807) is 0 Å². The third-order valence-electron chi connectivity index (χ3n) is 3.00. The van der Waals surface area contributed by atoms with Gasteiger partial charge in [-0.3, -0.25) is 0 Å². The molecule has 3 aliphatic heterocycles. The lowest BCUT2D eigenvalue weighted by Crippen LogP contribution is -2.59. The molecular formula is C10H19NO3. The van der Waals surface area contributed by atoms with Gasteiger partial charge in [0.25, 0.3) is 5.97 Å². The molecule has 3 heterocycles. The Morgan fingerprint density at radius 1 is 1.29 bits per heavy atom. The van der Waals surface area contributed by atoms with Crippen molar-refractivity contribution in [2.45, 2.75) is 19.3 Å². The predicted molar refractivity (Wildman–Crippen MR) is 51.8 cm³/mol. The van der Waals surface area contributed by atoms with Gasteiger partial charge in [0.15, 0.2) is 0 Å². The molecule has 3 saturated heterocycles. The van der Waals surface area contributed by atoms with Crippen LogP contribution in [-0.2, 0) is 14.2 Å². The van der Waals surface area contributed by atoms with Gasteiger partial charge in [0.2, 0.25) is 0 Å². The molecule has 0 spiro atoms. The van der Waals surface area contributed by atoms with Gasteiger partial charge in [0.05, 0.1) is 25.7 Å². The van der Waals surface area contributed by atoms with Crippen molar-refractivity contribution in [1.82, 2.24) is 5.32 Å². The highest BCUT2D eigenvalue weighted by Gasteiger charge is 2.49. The van der Waals surface area contributed by atoms with Crippen molar-refractivity contribution >= 4 is 0 Å². The third-order valence-corrected chi connectivity index (χ3v) is 3.00. The molecule has 14 heavy (non-hydrogen) atoms. The van der Waals surface area contributed by atoms with Gasteiger partial charge in [-0.15, -0.1) is 0 Å². The summed E-state index contributed by atoms with van der Waals surface area (Å²) in [6.07, 6.45) is 0.992. The molecule has 4 nitrogen and oxygen atoms in total. The van der Waals surface area contributed by atoms with Crippen LogP contribution in [0.5, 0.6) is 0 Å². The van der Waals surface area contributed by atoms with Gasteiger partial charge in [-0.05, 0) is 13.5 Å². The van der Waals surface area contributed by atoms with Gasteiger partial charge in [0.1, 0.15) is 0 Å². The molecule has 3 fully saturated rings. The van der Waals surface area contributed by atoms with Crippen LogP contribution in [0.3, 0.4) is 0 Å². The van der Waals surface area contributed by atoms with Crippen molar-refractivity contribution < 1.29 is 14.2 Å². The molecule has 1 atom stereocenters. The number of rotatable bonds is 4. The SMILES string of the molecule is CCC(CNC)C12OCC(CO1)CO2. The summed E-state index contributed by atoms with van der Waals surface area (Å²) in [7, 11) is 1.94. The standard InChI is InChI=1S/C10H19NO3/c1-3-9(4-11-2)10-12-5-8(6-13-10)7-14-10/h8-9,11H,3-7H2,1-2H3. The van der Waals surface area contributed by atoms with E-state index in [9.17, 15) is 0 Å². The zero-order valence-electron chi connectivity index (χ0n) is 8.91. The lowest BCUT2D eigenvalue weighted by atomic mass is 10.00. The number of fused-ring (bicyclic) bond motifs is 3. The predicted octanol–water partition coefficient (Wildman–Crippen LogP) is 0.579. The highest BCUT2D eigenvalue weighted by Crippen LogP contribution is 2.37. The first-order valence-electron chi connectivity index (χ1n) is 5.37. The van der Waals surface area contributed by atoms with Crippen molar-refractivity contribution in [3.63, 3.8) is 0 Å². The van der Waals surface area contributed by atoms with E-state index in [1.165, 1.54) is 0 Å². The summed E-state index contributed by atoms with van der Waals surface area (Å²) in [4.78, 5) is 0. The molecule has 3 aliphatic rings. The molecule has 0 radical (unpaired) electrons. The van der Waals surface area contributed by atoms with Gasteiger partial charge >= 0.3 is 0 Å². The van der Waals surface area contributed by atoms with Gasteiger partial charge < -0.3 is 19.5 Å². The van der Waals surface area contributed by atoms with Crippen LogP contribution in [0.15, 0.2) is 0 Å². The topological polar surface area (TPSA) is 39.7 Å².